The Labute approximate surface area is 112 Å². The number of para-hydroxylation sites is 1. The Hall–Kier alpha value is -1.94. The fourth-order valence-corrected chi connectivity index (χ4v) is 1.94. The summed E-state index contributed by atoms with van der Waals surface area (Å²) in [6, 6.07) is 10.7. The molecule has 0 saturated carbocycles. The first-order valence-corrected chi connectivity index (χ1v) is 6.38. The molecule has 4 heteroatoms. The van der Waals surface area contributed by atoms with Crippen LogP contribution in [0.5, 0.6) is 0 Å². The molecule has 1 heterocycles. The number of rotatable bonds is 5. The molecule has 0 atom stereocenters. The first-order chi connectivity index (χ1) is 9.24. The lowest BCUT2D eigenvalue weighted by Gasteiger charge is -2.23. The van der Waals surface area contributed by atoms with Crippen LogP contribution in [0.25, 0.3) is 0 Å². The number of halogens is 1. The number of hydrogen-bond acceptors (Lipinski definition) is 3. The van der Waals surface area contributed by atoms with Crippen LogP contribution in [0.1, 0.15) is 18.2 Å². The van der Waals surface area contributed by atoms with Crippen LogP contribution in [0.15, 0.2) is 42.6 Å². The fraction of sp³-hybridized carbons (Fsp3) is 0.267. The van der Waals surface area contributed by atoms with Crippen molar-refractivity contribution in [2.75, 3.05) is 11.4 Å². The number of hydrogen-bond donors (Lipinski definition) is 1. The van der Waals surface area contributed by atoms with Gasteiger partial charge in [0.2, 0.25) is 0 Å². The smallest absolute Gasteiger partial charge is 0.146 e. The predicted molar refractivity (Wildman–Crippen MR) is 75.3 cm³/mol. The van der Waals surface area contributed by atoms with Crippen LogP contribution in [0, 0.1) is 5.82 Å². The quantitative estimate of drug-likeness (QED) is 0.897. The molecule has 0 aliphatic heterocycles. The van der Waals surface area contributed by atoms with Crippen molar-refractivity contribution in [3.8, 4) is 0 Å². The van der Waals surface area contributed by atoms with Gasteiger partial charge >= 0.3 is 0 Å². The third-order valence-electron chi connectivity index (χ3n) is 3.05. The highest BCUT2D eigenvalue weighted by molar-refractivity contribution is 5.47. The molecule has 19 heavy (non-hydrogen) atoms. The number of aromatic nitrogens is 1. The van der Waals surface area contributed by atoms with Crippen LogP contribution in [0.2, 0.25) is 0 Å². The van der Waals surface area contributed by atoms with Crippen LogP contribution in [0.4, 0.5) is 10.1 Å². The third-order valence-corrected chi connectivity index (χ3v) is 3.05. The van der Waals surface area contributed by atoms with Crippen LogP contribution in [0.3, 0.4) is 0 Å². The molecule has 0 bridgehead atoms. The summed E-state index contributed by atoms with van der Waals surface area (Å²) in [5, 5.41) is 0. The summed E-state index contributed by atoms with van der Waals surface area (Å²) in [5.74, 6) is -0.206. The zero-order chi connectivity index (χ0) is 13.7. The lowest BCUT2D eigenvalue weighted by molar-refractivity contribution is 0.617. The van der Waals surface area contributed by atoms with Gasteiger partial charge in [-0.15, -0.1) is 0 Å². The Morgan fingerprint density at radius 3 is 2.58 bits per heavy atom. The normalized spacial score (nSPS) is 10.5. The fourth-order valence-electron chi connectivity index (χ4n) is 1.94. The molecule has 0 saturated heterocycles. The molecule has 100 valence electrons. The lowest BCUT2D eigenvalue weighted by Crippen LogP contribution is -2.23. The van der Waals surface area contributed by atoms with E-state index in [9.17, 15) is 4.39 Å². The Morgan fingerprint density at radius 1 is 1.21 bits per heavy atom. The van der Waals surface area contributed by atoms with Gasteiger partial charge in [-0.2, -0.15) is 0 Å². The average molecular weight is 259 g/mol. The Balaban J connectivity index is 2.17. The maximum absolute atomic E-state index is 13.8. The van der Waals surface area contributed by atoms with E-state index in [-0.39, 0.29) is 5.82 Å². The summed E-state index contributed by atoms with van der Waals surface area (Å²) in [6.45, 7) is 3.79. The van der Waals surface area contributed by atoms with Gasteiger partial charge in [-0.1, -0.05) is 18.2 Å². The number of benzene rings is 1. The highest BCUT2D eigenvalue weighted by Crippen LogP contribution is 2.20. The number of pyridine rings is 1. The molecule has 1 aromatic carbocycles. The number of anilines is 1. The Kier molecular flexibility index (Phi) is 4.47. The molecule has 0 fully saturated rings. The minimum Gasteiger partial charge on any atom is -0.364 e. The molecule has 2 N–H and O–H groups in total. The molecular formula is C15H18FN3. The Bertz CT molecular complexity index is 525. The Morgan fingerprint density at radius 2 is 2.00 bits per heavy atom. The van der Waals surface area contributed by atoms with Gasteiger partial charge < -0.3 is 10.6 Å². The van der Waals surface area contributed by atoms with Crippen molar-refractivity contribution >= 4 is 5.69 Å². The zero-order valence-electron chi connectivity index (χ0n) is 11.0. The van der Waals surface area contributed by atoms with Crippen molar-refractivity contribution in [1.29, 1.82) is 0 Å². The van der Waals surface area contributed by atoms with Crippen molar-refractivity contribution in [2.45, 2.75) is 20.0 Å². The predicted octanol–water partition coefficient (Wildman–Crippen LogP) is 2.71. The first kappa shape index (κ1) is 13.5. The second kappa shape index (κ2) is 6.29. The van der Waals surface area contributed by atoms with E-state index in [0.29, 0.717) is 18.8 Å². The maximum Gasteiger partial charge on any atom is 0.146 e. The molecule has 2 rings (SSSR count). The second-order valence-corrected chi connectivity index (χ2v) is 4.33. The van der Waals surface area contributed by atoms with E-state index in [1.807, 2.05) is 30.0 Å². The van der Waals surface area contributed by atoms with E-state index in [0.717, 1.165) is 17.8 Å². The molecule has 0 unspecified atom stereocenters. The van der Waals surface area contributed by atoms with E-state index in [4.69, 9.17) is 5.73 Å². The van der Waals surface area contributed by atoms with Crippen molar-refractivity contribution in [3.63, 3.8) is 0 Å². The minimum absolute atomic E-state index is 0.206. The largest absolute Gasteiger partial charge is 0.364 e. The van der Waals surface area contributed by atoms with Crippen molar-refractivity contribution < 1.29 is 4.39 Å². The molecule has 3 nitrogen and oxygen atoms in total. The average Bonchev–Trinajstić information content (AvgIpc) is 2.46. The van der Waals surface area contributed by atoms with E-state index in [1.165, 1.54) is 6.07 Å². The van der Waals surface area contributed by atoms with Crippen LogP contribution >= 0.6 is 0 Å². The maximum atomic E-state index is 13.8. The standard InChI is InChI=1S/C15H18FN3/c1-2-19(15-6-4-3-5-14(15)16)11-13-8-7-12(9-17)10-18-13/h3-8,10H,2,9,11,17H2,1H3. The third kappa shape index (κ3) is 3.29. The van der Waals surface area contributed by atoms with Crippen molar-refractivity contribution in [1.82, 2.24) is 4.98 Å². The summed E-state index contributed by atoms with van der Waals surface area (Å²) in [5.41, 5.74) is 8.05. The van der Waals surface area contributed by atoms with Gasteiger partial charge in [-0.05, 0) is 30.7 Å². The number of nitrogens with zero attached hydrogens (tertiary/aromatic N) is 2. The minimum atomic E-state index is -0.206. The molecule has 0 amide bonds. The van der Waals surface area contributed by atoms with Gasteiger partial charge in [0.1, 0.15) is 5.82 Å². The van der Waals surface area contributed by atoms with Gasteiger partial charge in [0.25, 0.3) is 0 Å². The SMILES string of the molecule is CCN(Cc1ccc(CN)cn1)c1ccccc1F. The number of nitrogens with two attached hydrogens (primary N) is 1. The van der Waals surface area contributed by atoms with E-state index >= 15 is 0 Å². The second-order valence-electron chi connectivity index (χ2n) is 4.33. The van der Waals surface area contributed by atoms with Gasteiger partial charge in [-0.3, -0.25) is 4.98 Å². The van der Waals surface area contributed by atoms with E-state index in [2.05, 4.69) is 4.98 Å². The van der Waals surface area contributed by atoms with Gasteiger partial charge in [0.05, 0.1) is 17.9 Å². The van der Waals surface area contributed by atoms with Gasteiger partial charge in [0.15, 0.2) is 0 Å². The van der Waals surface area contributed by atoms with Gasteiger partial charge in [-0.25, -0.2) is 4.39 Å². The molecule has 0 aliphatic rings. The molecule has 0 radical (unpaired) electrons. The summed E-state index contributed by atoms with van der Waals surface area (Å²) in [6.07, 6.45) is 1.77. The summed E-state index contributed by atoms with van der Waals surface area (Å²) in [4.78, 5) is 6.31. The summed E-state index contributed by atoms with van der Waals surface area (Å²) >= 11 is 0. The molecule has 0 aliphatic carbocycles. The summed E-state index contributed by atoms with van der Waals surface area (Å²) in [7, 11) is 0. The molecule has 1 aromatic heterocycles. The highest BCUT2D eigenvalue weighted by Gasteiger charge is 2.10. The van der Waals surface area contributed by atoms with Crippen LogP contribution in [-0.2, 0) is 13.1 Å². The zero-order valence-corrected chi connectivity index (χ0v) is 11.0. The topological polar surface area (TPSA) is 42.1 Å². The highest BCUT2D eigenvalue weighted by atomic mass is 19.1. The molecule has 0 spiro atoms. The summed E-state index contributed by atoms with van der Waals surface area (Å²) < 4.78 is 13.8. The lowest BCUT2D eigenvalue weighted by atomic mass is 10.2. The van der Waals surface area contributed by atoms with E-state index < -0.39 is 0 Å². The van der Waals surface area contributed by atoms with Crippen LogP contribution in [-0.4, -0.2) is 11.5 Å². The van der Waals surface area contributed by atoms with Crippen molar-refractivity contribution in [2.24, 2.45) is 5.73 Å². The first-order valence-electron chi connectivity index (χ1n) is 6.38. The van der Waals surface area contributed by atoms with Gasteiger partial charge in [0, 0.05) is 19.3 Å². The monoisotopic (exact) mass is 259 g/mol. The van der Waals surface area contributed by atoms with Crippen LogP contribution < -0.4 is 10.6 Å². The van der Waals surface area contributed by atoms with Crippen molar-refractivity contribution in [3.05, 3.63) is 59.7 Å². The molecular weight excluding hydrogens is 241 g/mol. The van der Waals surface area contributed by atoms with E-state index in [1.54, 1.807) is 18.3 Å². The molecule has 2 aromatic rings.